The Morgan fingerprint density at radius 2 is 1.71 bits per heavy atom. The number of halogens is 4. The van der Waals surface area contributed by atoms with E-state index in [1.807, 2.05) is 6.07 Å². The second kappa shape index (κ2) is 10.4. The third-order valence-corrected chi connectivity index (χ3v) is 6.69. The molecule has 3 rings (SSSR count). The molecular formula is C25H31F4N3O3. The maximum Gasteiger partial charge on any atom is 0.416 e. The average Bonchev–Trinajstić information content (AvgIpc) is 3.17. The van der Waals surface area contributed by atoms with E-state index in [2.05, 4.69) is 0 Å². The van der Waals surface area contributed by atoms with E-state index in [9.17, 15) is 32.4 Å². The lowest BCUT2D eigenvalue weighted by molar-refractivity contribution is -0.137. The van der Waals surface area contributed by atoms with Gasteiger partial charge in [-0.15, -0.1) is 0 Å². The van der Waals surface area contributed by atoms with Crippen molar-refractivity contribution in [3.05, 3.63) is 35.4 Å². The number of hydrogen-bond acceptors (Lipinski definition) is 4. The summed E-state index contributed by atoms with van der Waals surface area (Å²) in [6.45, 7) is 4.78. The van der Waals surface area contributed by atoms with Crippen LogP contribution >= 0.6 is 0 Å². The van der Waals surface area contributed by atoms with Crippen molar-refractivity contribution in [2.24, 2.45) is 0 Å². The van der Waals surface area contributed by atoms with Crippen LogP contribution < -0.4 is 0 Å². The largest absolute Gasteiger partial charge is 0.446 e. The van der Waals surface area contributed by atoms with Crippen molar-refractivity contribution in [3.63, 3.8) is 0 Å². The monoisotopic (exact) mass is 497 g/mol. The van der Waals surface area contributed by atoms with Crippen molar-refractivity contribution in [2.45, 2.75) is 88.8 Å². The molecule has 1 aliphatic heterocycles. The molecule has 6 nitrogen and oxygen atoms in total. The Kier molecular flexibility index (Phi) is 7.97. The number of benzene rings is 1. The molecule has 0 radical (unpaired) electrons. The number of rotatable bonds is 4. The highest BCUT2D eigenvalue weighted by Crippen LogP contribution is 2.36. The molecule has 35 heavy (non-hydrogen) atoms. The van der Waals surface area contributed by atoms with Crippen molar-refractivity contribution in [3.8, 4) is 6.07 Å². The second-order valence-corrected chi connectivity index (χ2v) is 10.3. The molecule has 0 bridgehead atoms. The molecule has 2 amide bonds. The minimum absolute atomic E-state index is 0.0373. The summed E-state index contributed by atoms with van der Waals surface area (Å²) in [7, 11) is 0. The van der Waals surface area contributed by atoms with Crippen LogP contribution in [0.15, 0.2) is 24.3 Å². The Morgan fingerprint density at radius 1 is 1.11 bits per heavy atom. The summed E-state index contributed by atoms with van der Waals surface area (Å²) in [5.74, 6) is -0.422. The van der Waals surface area contributed by atoms with Crippen LogP contribution in [0.3, 0.4) is 0 Å². The third kappa shape index (κ3) is 6.65. The second-order valence-electron chi connectivity index (χ2n) is 10.3. The fourth-order valence-corrected chi connectivity index (χ4v) is 4.65. The minimum Gasteiger partial charge on any atom is -0.446 e. The van der Waals surface area contributed by atoms with Gasteiger partial charge in [-0.3, -0.25) is 9.69 Å². The highest BCUT2D eigenvalue weighted by molar-refractivity contribution is 5.83. The molecule has 10 heteroatoms. The van der Waals surface area contributed by atoms with E-state index in [0.717, 1.165) is 17.7 Å². The SMILES string of the molecule is CC(C)(C)N(CC(=O)N1C[C@@H](F)C[C@H]1C#N)C(=O)OC1CCC(c2ccc(C(F)(F)F)cc2)CC1. The first-order valence-corrected chi connectivity index (χ1v) is 11.8. The van der Waals surface area contributed by atoms with E-state index in [1.165, 1.54) is 21.9 Å². The lowest BCUT2D eigenvalue weighted by Crippen LogP contribution is -2.52. The Morgan fingerprint density at radius 3 is 2.23 bits per heavy atom. The molecule has 0 N–H and O–H groups in total. The number of nitriles is 1. The number of carbonyl (C=O) groups excluding carboxylic acids is 2. The first-order valence-electron chi connectivity index (χ1n) is 11.8. The van der Waals surface area contributed by atoms with Gasteiger partial charge in [-0.1, -0.05) is 12.1 Å². The summed E-state index contributed by atoms with van der Waals surface area (Å²) in [6.07, 6.45) is -4.28. The molecule has 1 saturated carbocycles. The zero-order valence-corrected chi connectivity index (χ0v) is 20.1. The fourth-order valence-electron chi connectivity index (χ4n) is 4.65. The van der Waals surface area contributed by atoms with Crippen molar-refractivity contribution in [1.82, 2.24) is 9.80 Å². The van der Waals surface area contributed by atoms with Gasteiger partial charge in [0, 0.05) is 12.0 Å². The van der Waals surface area contributed by atoms with Crippen molar-refractivity contribution in [2.75, 3.05) is 13.1 Å². The Balaban J connectivity index is 1.57. The van der Waals surface area contributed by atoms with Crippen LogP contribution in [0, 0.1) is 11.3 Å². The molecule has 2 aliphatic rings. The lowest BCUT2D eigenvalue weighted by atomic mass is 9.82. The quantitative estimate of drug-likeness (QED) is 0.520. The Hall–Kier alpha value is -2.83. The van der Waals surface area contributed by atoms with Crippen LogP contribution in [0.1, 0.15) is 69.9 Å². The summed E-state index contributed by atoms with van der Waals surface area (Å²) in [6, 6.07) is 6.26. The number of amides is 2. The van der Waals surface area contributed by atoms with Gasteiger partial charge in [0.05, 0.1) is 18.2 Å². The summed E-state index contributed by atoms with van der Waals surface area (Å²) in [5, 5.41) is 9.21. The molecule has 1 aromatic rings. The predicted octanol–water partition coefficient (Wildman–Crippen LogP) is 5.43. The van der Waals surface area contributed by atoms with Crippen LogP contribution in [0.25, 0.3) is 0 Å². The molecule has 1 aromatic carbocycles. The van der Waals surface area contributed by atoms with Crippen LogP contribution in [-0.4, -0.2) is 58.7 Å². The van der Waals surface area contributed by atoms with Crippen molar-refractivity contribution in [1.29, 1.82) is 5.26 Å². The third-order valence-electron chi connectivity index (χ3n) is 6.69. The molecule has 0 spiro atoms. The van der Waals surface area contributed by atoms with Gasteiger partial charge in [0.15, 0.2) is 0 Å². The standard InChI is InChI=1S/C25H31F4N3O3/c1-24(2,3)32(15-22(33)31-14-19(26)12-20(31)13-30)23(34)35-21-10-6-17(7-11-21)16-4-8-18(9-5-16)25(27,28)29/h4-5,8-9,17,19-21H,6-7,10-12,14-15H2,1-3H3/t17?,19-,20-,21?/m0/s1. The van der Waals surface area contributed by atoms with E-state index >= 15 is 0 Å². The topological polar surface area (TPSA) is 73.6 Å². The molecule has 1 saturated heterocycles. The predicted molar refractivity (Wildman–Crippen MR) is 120 cm³/mol. The molecule has 0 aromatic heterocycles. The summed E-state index contributed by atoms with van der Waals surface area (Å²) in [4.78, 5) is 28.2. The van der Waals surface area contributed by atoms with Crippen LogP contribution in [0.4, 0.5) is 22.4 Å². The lowest BCUT2D eigenvalue weighted by Gasteiger charge is -2.37. The zero-order chi connectivity index (χ0) is 26.0. The summed E-state index contributed by atoms with van der Waals surface area (Å²) < 4.78 is 57.8. The zero-order valence-electron chi connectivity index (χ0n) is 20.1. The van der Waals surface area contributed by atoms with E-state index in [4.69, 9.17) is 4.74 Å². The van der Waals surface area contributed by atoms with Gasteiger partial charge in [-0.05, 0) is 70.1 Å². The van der Waals surface area contributed by atoms with E-state index < -0.39 is 41.5 Å². The van der Waals surface area contributed by atoms with E-state index in [0.29, 0.717) is 25.7 Å². The maximum atomic E-state index is 13.7. The highest BCUT2D eigenvalue weighted by Gasteiger charge is 2.39. The van der Waals surface area contributed by atoms with Crippen molar-refractivity contribution < 1.29 is 31.9 Å². The van der Waals surface area contributed by atoms with Crippen LogP contribution in [-0.2, 0) is 15.7 Å². The smallest absolute Gasteiger partial charge is 0.416 e. The van der Waals surface area contributed by atoms with Crippen LogP contribution in [0.5, 0.6) is 0 Å². The summed E-state index contributed by atoms with van der Waals surface area (Å²) >= 11 is 0. The van der Waals surface area contributed by atoms with Crippen molar-refractivity contribution >= 4 is 12.0 Å². The number of alkyl halides is 4. The number of ether oxygens (including phenoxy) is 1. The van der Waals surface area contributed by atoms with Gasteiger partial charge in [0.1, 0.15) is 24.9 Å². The van der Waals surface area contributed by atoms with Gasteiger partial charge in [0.2, 0.25) is 5.91 Å². The average molecular weight is 498 g/mol. The first kappa shape index (κ1) is 26.8. The molecule has 0 unspecified atom stereocenters. The van der Waals surface area contributed by atoms with Gasteiger partial charge < -0.3 is 9.64 Å². The molecule has 1 heterocycles. The van der Waals surface area contributed by atoms with Gasteiger partial charge in [0.25, 0.3) is 0 Å². The number of nitrogens with zero attached hydrogens (tertiary/aromatic N) is 3. The number of hydrogen-bond donors (Lipinski definition) is 0. The Bertz CT molecular complexity index is 945. The molecule has 1 aliphatic carbocycles. The highest BCUT2D eigenvalue weighted by atomic mass is 19.4. The van der Waals surface area contributed by atoms with E-state index in [-0.39, 0.29) is 31.5 Å². The molecule has 2 atom stereocenters. The van der Waals surface area contributed by atoms with Gasteiger partial charge in [-0.2, -0.15) is 18.4 Å². The maximum absolute atomic E-state index is 13.7. The van der Waals surface area contributed by atoms with Gasteiger partial charge >= 0.3 is 12.3 Å². The number of carbonyl (C=O) groups is 2. The molecule has 192 valence electrons. The molecular weight excluding hydrogens is 466 g/mol. The van der Waals surface area contributed by atoms with Gasteiger partial charge in [-0.25, -0.2) is 9.18 Å². The first-order chi connectivity index (χ1) is 16.3. The fraction of sp³-hybridized carbons (Fsp3) is 0.640. The normalized spacial score (nSPS) is 25.1. The minimum atomic E-state index is -4.37. The Labute approximate surface area is 202 Å². The van der Waals surface area contributed by atoms with Crippen LogP contribution in [0.2, 0.25) is 0 Å². The summed E-state index contributed by atoms with van der Waals surface area (Å²) in [5.41, 5.74) is -0.604. The number of likely N-dealkylation sites (tertiary alicyclic amines) is 1. The molecule has 2 fully saturated rings. The van der Waals surface area contributed by atoms with E-state index in [1.54, 1.807) is 20.8 Å².